The van der Waals surface area contributed by atoms with Gasteiger partial charge in [0, 0.05) is 5.56 Å². The zero-order chi connectivity index (χ0) is 22.3. The SMILES string of the molecule is COc1cc([C@@H]2NC(=O)N[C@@](O)(c3ccc(F)cc3)[C@@H]2C(=O)C(F)(F)F)ccc1O. The molecule has 0 spiro atoms. The Kier molecular flexibility index (Phi) is 5.33. The Morgan fingerprint density at radius 3 is 2.37 bits per heavy atom. The molecule has 1 saturated heterocycles. The van der Waals surface area contributed by atoms with E-state index >= 15 is 0 Å². The molecule has 0 aliphatic carbocycles. The summed E-state index contributed by atoms with van der Waals surface area (Å²) in [7, 11) is 1.20. The largest absolute Gasteiger partial charge is 0.504 e. The lowest BCUT2D eigenvalue weighted by Crippen LogP contribution is -2.66. The molecule has 0 saturated carbocycles. The molecule has 4 N–H and O–H groups in total. The Morgan fingerprint density at radius 1 is 1.17 bits per heavy atom. The summed E-state index contributed by atoms with van der Waals surface area (Å²) in [6, 6.07) is 4.36. The van der Waals surface area contributed by atoms with E-state index in [0.29, 0.717) is 0 Å². The second-order valence-corrected chi connectivity index (χ2v) is 6.62. The van der Waals surface area contributed by atoms with Crippen molar-refractivity contribution in [3.05, 3.63) is 59.4 Å². The molecule has 2 aromatic rings. The Hall–Kier alpha value is -3.34. The number of hydrogen-bond donors (Lipinski definition) is 4. The minimum Gasteiger partial charge on any atom is -0.504 e. The van der Waals surface area contributed by atoms with E-state index < -0.39 is 41.5 Å². The second-order valence-electron chi connectivity index (χ2n) is 6.62. The first-order valence-electron chi connectivity index (χ1n) is 8.52. The van der Waals surface area contributed by atoms with Gasteiger partial charge in [-0.1, -0.05) is 18.2 Å². The van der Waals surface area contributed by atoms with Crippen LogP contribution in [0.1, 0.15) is 17.2 Å². The molecule has 3 atom stereocenters. The summed E-state index contributed by atoms with van der Waals surface area (Å²) in [6.07, 6.45) is -5.36. The van der Waals surface area contributed by atoms with E-state index in [1.807, 2.05) is 5.32 Å². The molecule has 0 bridgehead atoms. The summed E-state index contributed by atoms with van der Waals surface area (Å²) in [5.74, 6) is -5.78. The molecule has 1 fully saturated rings. The highest BCUT2D eigenvalue weighted by atomic mass is 19.4. The Labute approximate surface area is 167 Å². The van der Waals surface area contributed by atoms with Crippen LogP contribution in [0.5, 0.6) is 11.5 Å². The lowest BCUT2D eigenvalue weighted by molar-refractivity contribution is -0.190. The number of halogens is 4. The molecular weight excluding hydrogens is 412 g/mol. The van der Waals surface area contributed by atoms with Crippen LogP contribution in [0.3, 0.4) is 0 Å². The van der Waals surface area contributed by atoms with Gasteiger partial charge in [0.15, 0.2) is 17.2 Å². The molecule has 7 nitrogen and oxygen atoms in total. The Morgan fingerprint density at radius 2 is 1.80 bits per heavy atom. The highest BCUT2D eigenvalue weighted by Gasteiger charge is 2.59. The molecule has 3 rings (SSSR count). The number of methoxy groups -OCH3 is 1. The summed E-state index contributed by atoms with van der Waals surface area (Å²) in [6.45, 7) is 0. The number of aliphatic hydroxyl groups is 1. The highest BCUT2D eigenvalue weighted by molar-refractivity contribution is 5.91. The van der Waals surface area contributed by atoms with Gasteiger partial charge in [0.05, 0.1) is 13.2 Å². The van der Waals surface area contributed by atoms with Crippen LogP contribution in [0.4, 0.5) is 22.4 Å². The van der Waals surface area contributed by atoms with Crippen molar-refractivity contribution < 1.29 is 42.1 Å². The molecule has 160 valence electrons. The zero-order valence-electron chi connectivity index (χ0n) is 15.3. The van der Waals surface area contributed by atoms with Gasteiger partial charge in [-0.15, -0.1) is 0 Å². The van der Waals surface area contributed by atoms with Crippen LogP contribution in [0.15, 0.2) is 42.5 Å². The predicted octanol–water partition coefficient (Wildman–Crippen LogP) is 2.49. The van der Waals surface area contributed by atoms with Gasteiger partial charge in [-0.25, -0.2) is 9.18 Å². The number of phenolic OH excluding ortho intramolecular Hbond substituents is 1. The summed E-state index contributed by atoms with van der Waals surface area (Å²) in [5.41, 5.74) is -3.17. The number of carbonyl (C=O) groups excluding carboxylic acids is 2. The van der Waals surface area contributed by atoms with E-state index in [9.17, 15) is 37.4 Å². The van der Waals surface area contributed by atoms with Gasteiger partial charge in [-0.3, -0.25) is 4.79 Å². The van der Waals surface area contributed by atoms with E-state index in [1.54, 1.807) is 0 Å². The van der Waals surface area contributed by atoms with Crippen molar-refractivity contribution in [2.75, 3.05) is 7.11 Å². The van der Waals surface area contributed by atoms with E-state index in [-0.39, 0.29) is 22.6 Å². The smallest absolute Gasteiger partial charge is 0.450 e. The standard InChI is InChI=1S/C19H16F4N2O5/c1-30-13-8-9(2-7-12(13)26)15-14(16(27)19(21,22)23)18(29,25-17(28)24-15)10-3-5-11(20)6-4-10/h2-8,14-15,26,29H,1H3,(H2,24,25,28)/t14-,15-,18+/m0/s1. The number of nitrogens with one attached hydrogen (secondary N) is 2. The lowest BCUT2D eigenvalue weighted by atomic mass is 9.76. The van der Waals surface area contributed by atoms with Crippen molar-refractivity contribution in [2.24, 2.45) is 5.92 Å². The van der Waals surface area contributed by atoms with Crippen LogP contribution in [0, 0.1) is 11.7 Å². The average Bonchev–Trinajstić information content (AvgIpc) is 2.67. The predicted molar refractivity (Wildman–Crippen MR) is 93.9 cm³/mol. The molecule has 1 aliphatic rings. The van der Waals surface area contributed by atoms with Crippen molar-refractivity contribution >= 4 is 11.8 Å². The van der Waals surface area contributed by atoms with Crippen LogP contribution in [-0.2, 0) is 10.5 Å². The highest BCUT2D eigenvalue weighted by Crippen LogP contribution is 2.44. The molecule has 30 heavy (non-hydrogen) atoms. The van der Waals surface area contributed by atoms with E-state index in [1.165, 1.54) is 13.2 Å². The number of carbonyl (C=O) groups is 2. The third-order valence-electron chi connectivity index (χ3n) is 4.78. The fraction of sp³-hybridized carbons (Fsp3) is 0.263. The third kappa shape index (κ3) is 3.75. The molecule has 2 aromatic carbocycles. The quantitative estimate of drug-likeness (QED) is 0.560. The van der Waals surface area contributed by atoms with Crippen LogP contribution >= 0.6 is 0 Å². The molecule has 0 aromatic heterocycles. The van der Waals surface area contributed by atoms with Crippen molar-refractivity contribution in [3.8, 4) is 11.5 Å². The van der Waals surface area contributed by atoms with Crippen LogP contribution in [0.25, 0.3) is 0 Å². The average molecular weight is 428 g/mol. The van der Waals surface area contributed by atoms with Crippen LogP contribution in [0.2, 0.25) is 0 Å². The summed E-state index contributed by atoms with van der Waals surface area (Å²) in [4.78, 5) is 24.6. The minimum atomic E-state index is -5.36. The number of hydrogen-bond acceptors (Lipinski definition) is 5. The van der Waals surface area contributed by atoms with Crippen LogP contribution in [-0.4, -0.2) is 35.3 Å². The third-order valence-corrected chi connectivity index (χ3v) is 4.78. The fourth-order valence-corrected chi connectivity index (χ4v) is 3.39. The second kappa shape index (κ2) is 7.48. The lowest BCUT2D eigenvalue weighted by Gasteiger charge is -2.45. The van der Waals surface area contributed by atoms with Crippen molar-refractivity contribution in [2.45, 2.75) is 17.9 Å². The van der Waals surface area contributed by atoms with E-state index in [4.69, 9.17) is 4.74 Å². The van der Waals surface area contributed by atoms with Crippen molar-refractivity contribution in [1.29, 1.82) is 0 Å². The Balaban J connectivity index is 2.20. The number of urea groups is 1. The first kappa shape index (κ1) is 21.4. The molecule has 0 radical (unpaired) electrons. The van der Waals surface area contributed by atoms with Gasteiger partial charge in [0.2, 0.25) is 5.78 Å². The number of aromatic hydroxyl groups is 1. The number of alkyl halides is 3. The minimum absolute atomic E-state index is 0.0392. The van der Waals surface area contributed by atoms with Gasteiger partial charge in [0.25, 0.3) is 0 Å². The topological polar surface area (TPSA) is 108 Å². The first-order chi connectivity index (χ1) is 14.0. The molecule has 1 heterocycles. The normalized spacial score (nSPS) is 24.0. The van der Waals surface area contributed by atoms with Gasteiger partial charge < -0.3 is 25.6 Å². The maximum absolute atomic E-state index is 13.4. The van der Waals surface area contributed by atoms with E-state index in [0.717, 1.165) is 36.4 Å². The van der Waals surface area contributed by atoms with Crippen molar-refractivity contribution in [1.82, 2.24) is 10.6 Å². The van der Waals surface area contributed by atoms with Gasteiger partial charge >= 0.3 is 12.2 Å². The molecule has 1 aliphatic heterocycles. The number of rotatable bonds is 4. The van der Waals surface area contributed by atoms with Gasteiger partial charge in [0.1, 0.15) is 11.7 Å². The zero-order valence-corrected chi connectivity index (χ0v) is 15.3. The fourth-order valence-electron chi connectivity index (χ4n) is 3.39. The number of Topliss-reactive ketones (excluding diaryl/α,β-unsaturated/α-hetero) is 1. The number of ether oxygens (including phenoxy) is 1. The van der Waals surface area contributed by atoms with Gasteiger partial charge in [-0.05, 0) is 29.8 Å². The summed E-state index contributed by atoms with van der Waals surface area (Å²) < 4.78 is 58.5. The molecule has 2 amide bonds. The van der Waals surface area contributed by atoms with E-state index in [2.05, 4.69) is 5.32 Å². The molecular formula is C19H16F4N2O5. The van der Waals surface area contributed by atoms with Gasteiger partial charge in [-0.2, -0.15) is 13.2 Å². The summed E-state index contributed by atoms with van der Waals surface area (Å²) >= 11 is 0. The molecule has 11 heteroatoms. The summed E-state index contributed by atoms with van der Waals surface area (Å²) in [5, 5.41) is 25.0. The maximum Gasteiger partial charge on any atom is 0.450 e. The monoisotopic (exact) mass is 428 g/mol. The van der Waals surface area contributed by atoms with Crippen molar-refractivity contribution in [3.63, 3.8) is 0 Å². The number of benzene rings is 2. The number of amides is 2. The Bertz CT molecular complexity index is 980. The number of phenols is 1. The first-order valence-corrected chi connectivity index (χ1v) is 8.52. The molecule has 0 unspecified atom stereocenters. The van der Waals surface area contributed by atoms with Crippen LogP contribution < -0.4 is 15.4 Å². The number of ketones is 1. The maximum atomic E-state index is 13.4.